The van der Waals surface area contributed by atoms with E-state index in [0.717, 1.165) is 24.9 Å². The third-order valence-corrected chi connectivity index (χ3v) is 5.47. The van der Waals surface area contributed by atoms with Crippen LogP contribution in [0.25, 0.3) is 0 Å². The van der Waals surface area contributed by atoms with Crippen molar-refractivity contribution in [3.63, 3.8) is 0 Å². The van der Waals surface area contributed by atoms with Crippen molar-refractivity contribution in [1.82, 2.24) is 20.4 Å². The zero-order valence-electron chi connectivity index (χ0n) is 15.7. The van der Waals surface area contributed by atoms with E-state index in [1.807, 2.05) is 0 Å². The highest BCUT2D eigenvalue weighted by Crippen LogP contribution is 2.17. The summed E-state index contributed by atoms with van der Waals surface area (Å²) in [5.74, 6) is 0.117. The number of urea groups is 1. The average Bonchev–Trinajstić information content (AvgIpc) is 3.19. The topological polar surface area (TPSA) is 64.7 Å². The second-order valence-electron chi connectivity index (χ2n) is 7.33. The molecule has 2 aliphatic heterocycles. The standard InChI is InChI=1S/C20H30N4O2/c1-21-19(25)18-8-12-24(13-9-18)20(26)22-14-16-4-6-17(7-5-16)15-23-10-2-3-11-23/h4-7,18H,2-3,8-15H2,1H3,(H,21,25)(H,22,26). The van der Waals surface area contributed by atoms with E-state index in [1.54, 1.807) is 11.9 Å². The van der Waals surface area contributed by atoms with Gasteiger partial charge in [-0.05, 0) is 49.9 Å². The van der Waals surface area contributed by atoms with Crippen LogP contribution in [0.3, 0.4) is 0 Å². The first-order valence-electron chi connectivity index (χ1n) is 9.70. The van der Waals surface area contributed by atoms with Crippen molar-refractivity contribution in [3.05, 3.63) is 35.4 Å². The molecule has 0 aliphatic carbocycles. The van der Waals surface area contributed by atoms with Crippen molar-refractivity contribution >= 4 is 11.9 Å². The van der Waals surface area contributed by atoms with Gasteiger partial charge in [0.1, 0.15) is 0 Å². The Labute approximate surface area is 155 Å². The van der Waals surface area contributed by atoms with E-state index in [2.05, 4.69) is 39.8 Å². The summed E-state index contributed by atoms with van der Waals surface area (Å²) < 4.78 is 0. The summed E-state index contributed by atoms with van der Waals surface area (Å²) in [4.78, 5) is 28.3. The zero-order chi connectivity index (χ0) is 18.4. The van der Waals surface area contributed by atoms with E-state index >= 15 is 0 Å². The van der Waals surface area contributed by atoms with Crippen LogP contribution in [0.5, 0.6) is 0 Å². The second kappa shape index (κ2) is 9.03. The fourth-order valence-electron chi connectivity index (χ4n) is 3.80. The highest BCUT2D eigenvalue weighted by atomic mass is 16.2. The number of benzene rings is 1. The number of carbonyl (C=O) groups is 2. The number of likely N-dealkylation sites (tertiary alicyclic amines) is 2. The van der Waals surface area contributed by atoms with Crippen LogP contribution in [0.1, 0.15) is 36.8 Å². The average molecular weight is 358 g/mol. The van der Waals surface area contributed by atoms with Crippen LogP contribution in [-0.4, -0.2) is 55.0 Å². The molecule has 6 heteroatoms. The third-order valence-electron chi connectivity index (χ3n) is 5.47. The minimum absolute atomic E-state index is 0.0344. The van der Waals surface area contributed by atoms with Gasteiger partial charge in [-0.2, -0.15) is 0 Å². The van der Waals surface area contributed by atoms with E-state index < -0.39 is 0 Å². The zero-order valence-corrected chi connectivity index (χ0v) is 15.7. The summed E-state index contributed by atoms with van der Waals surface area (Å²) >= 11 is 0. The van der Waals surface area contributed by atoms with E-state index in [1.165, 1.54) is 31.5 Å². The second-order valence-corrected chi connectivity index (χ2v) is 7.33. The molecule has 0 radical (unpaired) electrons. The first-order valence-corrected chi connectivity index (χ1v) is 9.70. The Hall–Kier alpha value is -2.08. The van der Waals surface area contributed by atoms with Gasteiger partial charge in [-0.1, -0.05) is 24.3 Å². The van der Waals surface area contributed by atoms with E-state index in [9.17, 15) is 9.59 Å². The number of nitrogens with one attached hydrogen (secondary N) is 2. The molecule has 0 aromatic heterocycles. The molecule has 2 aliphatic rings. The summed E-state index contributed by atoms with van der Waals surface area (Å²) in [5, 5.41) is 5.69. The molecule has 2 N–H and O–H groups in total. The predicted molar refractivity (Wildman–Crippen MR) is 102 cm³/mol. The first kappa shape index (κ1) is 18.7. The van der Waals surface area contributed by atoms with E-state index in [-0.39, 0.29) is 17.9 Å². The van der Waals surface area contributed by atoms with Crippen molar-refractivity contribution in [2.75, 3.05) is 33.2 Å². The molecule has 0 bridgehead atoms. The Morgan fingerprint density at radius 2 is 1.62 bits per heavy atom. The number of nitrogens with zero attached hydrogens (tertiary/aromatic N) is 2. The molecule has 3 rings (SSSR count). The quantitative estimate of drug-likeness (QED) is 0.846. The molecule has 0 saturated carbocycles. The van der Waals surface area contributed by atoms with Crippen molar-refractivity contribution < 1.29 is 9.59 Å². The molecule has 1 aromatic carbocycles. The van der Waals surface area contributed by atoms with Crippen molar-refractivity contribution in [1.29, 1.82) is 0 Å². The molecule has 142 valence electrons. The minimum Gasteiger partial charge on any atom is -0.359 e. The fraction of sp³-hybridized carbons (Fsp3) is 0.600. The van der Waals surface area contributed by atoms with Crippen LogP contribution in [0, 0.1) is 5.92 Å². The maximum atomic E-state index is 12.3. The van der Waals surface area contributed by atoms with Gasteiger partial charge in [0.25, 0.3) is 0 Å². The molecule has 26 heavy (non-hydrogen) atoms. The Bertz CT molecular complexity index is 603. The van der Waals surface area contributed by atoms with Gasteiger partial charge in [0.15, 0.2) is 0 Å². The molecule has 0 atom stereocenters. The molecular weight excluding hydrogens is 328 g/mol. The van der Waals surface area contributed by atoms with Gasteiger partial charge >= 0.3 is 6.03 Å². The maximum Gasteiger partial charge on any atom is 0.317 e. The van der Waals surface area contributed by atoms with Gasteiger partial charge in [0.2, 0.25) is 5.91 Å². The summed E-state index contributed by atoms with van der Waals surface area (Å²) in [6.45, 7) is 5.24. The smallest absolute Gasteiger partial charge is 0.317 e. The molecule has 1 aromatic rings. The number of hydrogen-bond acceptors (Lipinski definition) is 3. The molecule has 2 heterocycles. The van der Waals surface area contributed by atoms with Crippen molar-refractivity contribution in [3.8, 4) is 0 Å². The number of piperidine rings is 1. The fourth-order valence-corrected chi connectivity index (χ4v) is 3.80. The third kappa shape index (κ3) is 4.97. The van der Waals surface area contributed by atoms with Crippen LogP contribution < -0.4 is 10.6 Å². The largest absolute Gasteiger partial charge is 0.359 e. The Morgan fingerprint density at radius 1 is 1.00 bits per heavy atom. The lowest BCUT2D eigenvalue weighted by Gasteiger charge is -2.31. The van der Waals surface area contributed by atoms with Crippen molar-refractivity contribution in [2.24, 2.45) is 5.92 Å². The lowest BCUT2D eigenvalue weighted by atomic mass is 9.96. The summed E-state index contributed by atoms with van der Waals surface area (Å²) in [5.41, 5.74) is 2.45. The highest BCUT2D eigenvalue weighted by Gasteiger charge is 2.26. The number of amides is 3. The first-order chi connectivity index (χ1) is 12.7. The van der Waals surface area contributed by atoms with Crippen molar-refractivity contribution in [2.45, 2.75) is 38.8 Å². The van der Waals surface area contributed by atoms with Gasteiger partial charge in [-0.25, -0.2) is 4.79 Å². The van der Waals surface area contributed by atoms with Crippen LogP contribution in [0.15, 0.2) is 24.3 Å². The Kier molecular flexibility index (Phi) is 6.50. The number of carbonyl (C=O) groups excluding carboxylic acids is 2. The summed E-state index contributed by atoms with van der Waals surface area (Å²) in [7, 11) is 1.66. The normalized spacial score (nSPS) is 18.7. The minimum atomic E-state index is -0.0403. The molecule has 3 amide bonds. The molecular formula is C20H30N4O2. The van der Waals surface area contributed by atoms with Gasteiger partial charge in [0.05, 0.1) is 0 Å². The molecule has 6 nitrogen and oxygen atoms in total. The molecule has 2 fully saturated rings. The molecule has 0 unspecified atom stereocenters. The van der Waals surface area contributed by atoms with E-state index in [4.69, 9.17) is 0 Å². The summed E-state index contributed by atoms with van der Waals surface area (Å²) in [6, 6.07) is 8.48. The van der Waals surface area contributed by atoms with Gasteiger partial charge in [-0.15, -0.1) is 0 Å². The number of hydrogen-bond donors (Lipinski definition) is 2. The van der Waals surface area contributed by atoms with E-state index in [0.29, 0.717) is 19.6 Å². The summed E-state index contributed by atoms with van der Waals surface area (Å²) in [6.07, 6.45) is 4.09. The van der Waals surface area contributed by atoms with Gasteiger partial charge < -0.3 is 15.5 Å². The highest BCUT2D eigenvalue weighted by molar-refractivity contribution is 5.79. The van der Waals surface area contributed by atoms with Crippen LogP contribution >= 0.6 is 0 Å². The number of rotatable bonds is 5. The molecule has 2 saturated heterocycles. The SMILES string of the molecule is CNC(=O)C1CCN(C(=O)NCc2ccc(CN3CCCC3)cc2)CC1. The van der Waals surface area contributed by atoms with Crippen LogP contribution in [0.2, 0.25) is 0 Å². The van der Waals surface area contributed by atoms with Gasteiger partial charge in [0, 0.05) is 39.1 Å². The van der Waals surface area contributed by atoms with Crippen LogP contribution in [0.4, 0.5) is 4.79 Å². The Balaban J connectivity index is 1.41. The van der Waals surface area contributed by atoms with Crippen LogP contribution in [-0.2, 0) is 17.9 Å². The monoisotopic (exact) mass is 358 g/mol. The Morgan fingerprint density at radius 3 is 2.23 bits per heavy atom. The lowest BCUT2D eigenvalue weighted by molar-refractivity contribution is -0.125. The lowest BCUT2D eigenvalue weighted by Crippen LogP contribution is -2.46. The van der Waals surface area contributed by atoms with Gasteiger partial charge in [-0.3, -0.25) is 9.69 Å². The molecule has 0 spiro atoms. The maximum absolute atomic E-state index is 12.3. The predicted octanol–water partition coefficient (Wildman–Crippen LogP) is 1.95.